The average molecular weight is 271 g/mol. The van der Waals surface area contributed by atoms with Gasteiger partial charge in [0.15, 0.2) is 0 Å². The molecule has 0 radical (unpaired) electrons. The fourth-order valence-corrected chi connectivity index (χ4v) is 2.74. The Morgan fingerprint density at radius 2 is 2.05 bits per heavy atom. The molecule has 1 atom stereocenters. The zero-order valence-corrected chi connectivity index (χ0v) is 12.6. The van der Waals surface area contributed by atoms with Gasteiger partial charge < -0.3 is 5.32 Å². The maximum absolute atomic E-state index is 8.85. The molecular formula is C17H25N3. The number of nitrogens with zero attached hydrogens (tertiary/aromatic N) is 2. The molecule has 0 saturated carbocycles. The van der Waals surface area contributed by atoms with Crippen molar-refractivity contribution < 1.29 is 0 Å². The molecule has 1 aliphatic heterocycles. The van der Waals surface area contributed by atoms with Crippen LogP contribution >= 0.6 is 0 Å². The van der Waals surface area contributed by atoms with Gasteiger partial charge in [-0.05, 0) is 50.9 Å². The minimum Gasteiger partial charge on any atom is -0.313 e. The van der Waals surface area contributed by atoms with Gasteiger partial charge in [0.1, 0.15) is 0 Å². The number of nitriles is 1. The molecule has 1 aromatic rings. The topological polar surface area (TPSA) is 39.1 Å². The van der Waals surface area contributed by atoms with E-state index in [4.69, 9.17) is 5.26 Å². The highest BCUT2D eigenvalue weighted by molar-refractivity contribution is 5.31. The standard InChI is InChI=1S/C17H25N3/c1-14(2)20(13-17-5-3-4-10-19-17)12-16-8-6-15(11-18)7-9-16/h6-9,14,17,19H,3-5,10,12-13H2,1-2H3. The number of hydrogen-bond acceptors (Lipinski definition) is 3. The molecule has 0 bridgehead atoms. The maximum Gasteiger partial charge on any atom is 0.0991 e. The van der Waals surface area contributed by atoms with E-state index in [2.05, 4.69) is 42.3 Å². The first kappa shape index (κ1) is 15.0. The molecule has 2 rings (SSSR count). The van der Waals surface area contributed by atoms with E-state index in [0.717, 1.165) is 25.2 Å². The average Bonchev–Trinajstić information content (AvgIpc) is 2.48. The van der Waals surface area contributed by atoms with Gasteiger partial charge in [0.2, 0.25) is 0 Å². The van der Waals surface area contributed by atoms with Crippen molar-refractivity contribution in [2.75, 3.05) is 13.1 Å². The summed E-state index contributed by atoms with van der Waals surface area (Å²) in [7, 11) is 0. The quantitative estimate of drug-likeness (QED) is 0.895. The molecule has 1 fully saturated rings. The van der Waals surface area contributed by atoms with Gasteiger partial charge >= 0.3 is 0 Å². The predicted octanol–water partition coefficient (Wildman–Crippen LogP) is 2.91. The Bertz CT molecular complexity index is 438. The van der Waals surface area contributed by atoms with Crippen LogP contribution in [-0.4, -0.2) is 30.1 Å². The molecule has 1 aliphatic rings. The molecule has 3 heteroatoms. The lowest BCUT2D eigenvalue weighted by molar-refractivity contribution is 0.177. The molecule has 0 aliphatic carbocycles. The van der Waals surface area contributed by atoms with Crippen LogP contribution in [-0.2, 0) is 6.54 Å². The third kappa shape index (κ3) is 4.33. The molecule has 0 spiro atoms. The van der Waals surface area contributed by atoms with Crippen LogP contribution in [0.15, 0.2) is 24.3 Å². The van der Waals surface area contributed by atoms with Crippen LogP contribution in [0.4, 0.5) is 0 Å². The first-order chi connectivity index (χ1) is 9.69. The van der Waals surface area contributed by atoms with Crippen LogP contribution in [0.25, 0.3) is 0 Å². The zero-order valence-electron chi connectivity index (χ0n) is 12.6. The summed E-state index contributed by atoms with van der Waals surface area (Å²) in [6, 6.07) is 11.3. The van der Waals surface area contributed by atoms with E-state index in [1.807, 2.05) is 12.1 Å². The summed E-state index contributed by atoms with van der Waals surface area (Å²) in [6.07, 6.45) is 3.95. The molecule has 1 saturated heterocycles. The summed E-state index contributed by atoms with van der Waals surface area (Å²) in [5.74, 6) is 0. The van der Waals surface area contributed by atoms with Gasteiger partial charge in [0, 0.05) is 25.2 Å². The van der Waals surface area contributed by atoms with Crippen LogP contribution in [0.3, 0.4) is 0 Å². The third-order valence-corrected chi connectivity index (χ3v) is 4.07. The fraction of sp³-hybridized carbons (Fsp3) is 0.588. The minimum absolute atomic E-state index is 0.536. The highest BCUT2D eigenvalue weighted by Crippen LogP contribution is 2.14. The Balaban J connectivity index is 1.95. The van der Waals surface area contributed by atoms with Crippen LogP contribution in [0.5, 0.6) is 0 Å². The SMILES string of the molecule is CC(C)N(Cc1ccc(C#N)cc1)CC1CCCCN1. The first-order valence-electron chi connectivity index (χ1n) is 7.65. The highest BCUT2D eigenvalue weighted by Gasteiger charge is 2.18. The van der Waals surface area contributed by atoms with Crippen LogP contribution in [0, 0.1) is 11.3 Å². The van der Waals surface area contributed by atoms with E-state index in [1.54, 1.807) is 0 Å². The molecule has 1 N–H and O–H groups in total. The van der Waals surface area contributed by atoms with Gasteiger partial charge in [0.05, 0.1) is 11.6 Å². The molecule has 20 heavy (non-hydrogen) atoms. The molecule has 1 heterocycles. The summed E-state index contributed by atoms with van der Waals surface area (Å²) in [4.78, 5) is 2.52. The smallest absolute Gasteiger partial charge is 0.0991 e. The van der Waals surface area contributed by atoms with Gasteiger partial charge in [0.25, 0.3) is 0 Å². The summed E-state index contributed by atoms with van der Waals surface area (Å²) in [5.41, 5.74) is 2.02. The number of benzene rings is 1. The van der Waals surface area contributed by atoms with E-state index in [1.165, 1.54) is 24.8 Å². The van der Waals surface area contributed by atoms with E-state index < -0.39 is 0 Å². The maximum atomic E-state index is 8.85. The van der Waals surface area contributed by atoms with Crippen molar-refractivity contribution in [1.29, 1.82) is 5.26 Å². The normalized spacial score (nSPS) is 19.2. The predicted molar refractivity (Wildman–Crippen MR) is 82.3 cm³/mol. The lowest BCUT2D eigenvalue weighted by atomic mass is 10.0. The second-order valence-electron chi connectivity index (χ2n) is 5.98. The largest absolute Gasteiger partial charge is 0.313 e. The van der Waals surface area contributed by atoms with Crippen LogP contribution < -0.4 is 5.32 Å². The Labute approximate surface area is 122 Å². The first-order valence-corrected chi connectivity index (χ1v) is 7.65. The van der Waals surface area contributed by atoms with Crippen molar-refractivity contribution in [3.63, 3.8) is 0 Å². The number of rotatable bonds is 5. The van der Waals surface area contributed by atoms with Crippen molar-refractivity contribution in [1.82, 2.24) is 10.2 Å². The second kappa shape index (κ2) is 7.42. The highest BCUT2D eigenvalue weighted by atomic mass is 15.2. The number of hydrogen-bond donors (Lipinski definition) is 1. The fourth-order valence-electron chi connectivity index (χ4n) is 2.74. The van der Waals surface area contributed by atoms with Crippen molar-refractivity contribution >= 4 is 0 Å². The Morgan fingerprint density at radius 3 is 2.60 bits per heavy atom. The summed E-state index contributed by atoms with van der Waals surface area (Å²) < 4.78 is 0. The molecule has 3 nitrogen and oxygen atoms in total. The van der Waals surface area contributed by atoms with E-state index in [0.29, 0.717) is 12.1 Å². The lowest BCUT2D eigenvalue weighted by Crippen LogP contribution is -2.45. The van der Waals surface area contributed by atoms with Crippen molar-refractivity contribution in [2.24, 2.45) is 0 Å². The van der Waals surface area contributed by atoms with Gasteiger partial charge in [-0.1, -0.05) is 18.6 Å². The number of piperidine rings is 1. The Kier molecular flexibility index (Phi) is 5.58. The van der Waals surface area contributed by atoms with Crippen LogP contribution in [0.2, 0.25) is 0 Å². The molecule has 0 aromatic heterocycles. The Morgan fingerprint density at radius 1 is 1.30 bits per heavy atom. The molecule has 108 valence electrons. The van der Waals surface area contributed by atoms with E-state index in [-0.39, 0.29) is 0 Å². The van der Waals surface area contributed by atoms with Gasteiger partial charge in [-0.25, -0.2) is 0 Å². The van der Waals surface area contributed by atoms with Gasteiger partial charge in [-0.15, -0.1) is 0 Å². The molecular weight excluding hydrogens is 246 g/mol. The van der Waals surface area contributed by atoms with Gasteiger partial charge in [-0.3, -0.25) is 4.90 Å². The monoisotopic (exact) mass is 271 g/mol. The van der Waals surface area contributed by atoms with Gasteiger partial charge in [-0.2, -0.15) is 5.26 Å². The minimum atomic E-state index is 0.536. The summed E-state index contributed by atoms with van der Waals surface area (Å²) in [5, 5.41) is 12.5. The van der Waals surface area contributed by atoms with Crippen molar-refractivity contribution in [3.05, 3.63) is 35.4 Å². The summed E-state index contributed by atoms with van der Waals surface area (Å²) >= 11 is 0. The number of nitrogens with one attached hydrogen (secondary N) is 1. The van der Waals surface area contributed by atoms with E-state index >= 15 is 0 Å². The summed E-state index contributed by atoms with van der Waals surface area (Å²) in [6.45, 7) is 7.74. The van der Waals surface area contributed by atoms with Crippen LogP contribution in [0.1, 0.15) is 44.2 Å². The third-order valence-electron chi connectivity index (χ3n) is 4.07. The van der Waals surface area contributed by atoms with E-state index in [9.17, 15) is 0 Å². The van der Waals surface area contributed by atoms with Crippen molar-refractivity contribution in [3.8, 4) is 6.07 Å². The van der Waals surface area contributed by atoms with Crippen molar-refractivity contribution in [2.45, 2.75) is 51.7 Å². The molecule has 0 amide bonds. The lowest BCUT2D eigenvalue weighted by Gasteiger charge is -2.33. The Hall–Kier alpha value is -1.37. The zero-order chi connectivity index (χ0) is 14.4. The molecule has 1 unspecified atom stereocenters. The second-order valence-corrected chi connectivity index (χ2v) is 5.98. The molecule has 1 aromatic carbocycles.